The number of carbonyl (C=O) groups is 1. The number of thiophene rings is 1. The van der Waals surface area contributed by atoms with Gasteiger partial charge in [0, 0.05) is 32.8 Å². The standard InChI is InChI=1S/C26H25ClN2O5S3/c1-26(2,17-5-8-22(9-6-17)36(3,31)32)18-13-19(27)15-21(14-18)28-25(30)24-12-16-11-20(29-37(4,33)34)7-10-23(16)35-24/h5-15,29H,1-4H3,(H,28,30). The molecular weight excluding hydrogens is 552 g/mol. The number of halogens is 1. The molecule has 4 aromatic rings. The average Bonchev–Trinajstić information content (AvgIpc) is 3.21. The van der Waals surface area contributed by atoms with Crippen LogP contribution >= 0.6 is 22.9 Å². The maximum Gasteiger partial charge on any atom is 0.265 e. The minimum Gasteiger partial charge on any atom is -0.321 e. The van der Waals surface area contributed by atoms with Crippen molar-refractivity contribution in [3.05, 3.63) is 87.8 Å². The van der Waals surface area contributed by atoms with Crippen LogP contribution in [0.3, 0.4) is 0 Å². The fourth-order valence-corrected chi connectivity index (χ4v) is 6.29. The molecule has 1 amide bonds. The second kappa shape index (κ2) is 9.75. The van der Waals surface area contributed by atoms with E-state index in [2.05, 4.69) is 10.0 Å². The molecule has 0 fully saturated rings. The minimum absolute atomic E-state index is 0.244. The van der Waals surface area contributed by atoms with E-state index in [-0.39, 0.29) is 10.8 Å². The smallest absolute Gasteiger partial charge is 0.265 e. The maximum absolute atomic E-state index is 13.1. The van der Waals surface area contributed by atoms with Gasteiger partial charge in [0.15, 0.2) is 9.84 Å². The summed E-state index contributed by atoms with van der Waals surface area (Å²) in [4.78, 5) is 13.8. The number of amides is 1. The Balaban J connectivity index is 1.60. The Bertz CT molecular complexity index is 1730. The van der Waals surface area contributed by atoms with Crippen LogP contribution in [0.25, 0.3) is 10.1 Å². The summed E-state index contributed by atoms with van der Waals surface area (Å²) in [6.45, 7) is 3.99. The first-order chi connectivity index (χ1) is 17.1. The summed E-state index contributed by atoms with van der Waals surface area (Å²) in [7, 11) is -6.71. The molecule has 1 heterocycles. The summed E-state index contributed by atoms with van der Waals surface area (Å²) < 4.78 is 49.9. The molecular formula is C26H25ClN2O5S3. The highest BCUT2D eigenvalue weighted by Gasteiger charge is 2.25. The molecule has 4 rings (SSSR count). The zero-order valence-electron chi connectivity index (χ0n) is 20.5. The van der Waals surface area contributed by atoms with Gasteiger partial charge in [-0.2, -0.15) is 0 Å². The summed E-state index contributed by atoms with van der Waals surface area (Å²) in [5, 5.41) is 4.09. The molecule has 0 saturated heterocycles. The molecule has 0 spiro atoms. The summed E-state index contributed by atoms with van der Waals surface area (Å²) in [6, 6.07) is 18.8. The van der Waals surface area contributed by atoms with Crippen molar-refractivity contribution in [2.45, 2.75) is 24.2 Å². The molecule has 0 saturated carbocycles. The van der Waals surface area contributed by atoms with E-state index in [1.807, 2.05) is 26.0 Å². The Morgan fingerprint density at radius 1 is 0.838 bits per heavy atom. The van der Waals surface area contributed by atoms with Crippen LogP contribution in [0, 0.1) is 0 Å². The van der Waals surface area contributed by atoms with Crippen molar-refractivity contribution in [2.24, 2.45) is 0 Å². The molecule has 194 valence electrons. The van der Waals surface area contributed by atoms with Gasteiger partial charge in [0.25, 0.3) is 5.91 Å². The topological polar surface area (TPSA) is 109 Å². The SMILES string of the molecule is CC(C)(c1ccc(S(C)(=O)=O)cc1)c1cc(Cl)cc(NC(=O)c2cc3cc(NS(C)(=O)=O)ccc3s2)c1. The Hall–Kier alpha value is -2.92. The van der Waals surface area contributed by atoms with E-state index in [9.17, 15) is 21.6 Å². The van der Waals surface area contributed by atoms with Crippen molar-refractivity contribution in [1.82, 2.24) is 0 Å². The minimum atomic E-state index is -3.41. The number of carbonyl (C=O) groups excluding carboxylic acids is 1. The first-order valence-corrected chi connectivity index (χ1v) is 16.0. The number of sulfone groups is 1. The molecule has 0 unspecified atom stereocenters. The van der Waals surface area contributed by atoms with Crippen LogP contribution in [0.1, 0.15) is 34.6 Å². The zero-order chi connectivity index (χ0) is 27.2. The van der Waals surface area contributed by atoms with Crippen molar-refractivity contribution in [1.29, 1.82) is 0 Å². The third kappa shape index (κ3) is 6.32. The van der Waals surface area contributed by atoms with Gasteiger partial charge in [-0.1, -0.05) is 37.6 Å². The molecule has 0 atom stereocenters. The Morgan fingerprint density at radius 3 is 2.14 bits per heavy atom. The molecule has 0 aliphatic carbocycles. The number of anilines is 2. The first kappa shape index (κ1) is 27.1. The summed E-state index contributed by atoms with van der Waals surface area (Å²) >= 11 is 7.70. The molecule has 3 aromatic carbocycles. The van der Waals surface area contributed by atoms with Crippen LogP contribution in [0.2, 0.25) is 5.02 Å². The van der Waals surface area contributed by atoms with Crippen LogP contribution in [-0.2, 0) is 25.3 Å². The number of hydrogen-bond donors (Lipinski definition) is 2. The van der Waals surface area contributed by atoms with Gasteiger partial charge in [0.05, 0.1) is 16.0 Å². The van der Waals surface area contributed by atoms with Gasteiger partial charge in [-0.25, -0.2) is 16.8 Å². The molecule has 1 aromatic heterocycles. The molecule has 0 bridgehead atoms. The van der Waals surface area contributed by atoms with E-state index < -0.39 is 25.3 Å². The quantitative estimate of drug-likeness (QED) is 0.284. The van der Waals surface area contributed by atoms with Gasteiger partial charge in [0.2, 0.25) is 10.0 Å². The van der Waals surface area contributed by atoms with E-state index in [1.165, 1.54) is 17.6 Å². The molecule has 0 aliphatic rings. The normalized spacial score (nSPS) is 12.5. The lowest BCUT2D eigenvalue weighted by Crippen LogP contribution is -2.20. The van der Waals surface area contributed by atoms with E-state index >= 15 is 0 Å². The van der Waals surface area contributed by atoms with Crippen LogP contribution in [-0.4, -0.2) is 35.3 Å². The number of sulfonamides is 1. The summed E-state index contributed by atoms with van der Waals surface area (Å²) in [5.41, 5.74) is 2.15. The summed E-state index contributed by atoms with van der Waals surface area (Å²) in [6.07, 6.45) is 2.25. The van der Waals surface area contributed by atoms with Crippen molar-refractivity contribution in [2.75, 3.05) is 22.6 Å². The lowest BCUT2D eigenvalue weighted by Gasteiger charge is -2.27. The van der Waals surface area contributed by atoms with Crippen molar-refractivity contribution in [3.8, 4) is 0 Å². The van der Waals surface area contributed by atoms with Crippen molar-refractivity contribution < 1.29 is 21.6 Å². The number of rotatable bonds is 7. The lowest BCUT2D eigenvalue weighted by atomic mass is 9.78. The van der Waals surface area contributed by atoms with Crippen LogP contribution in [0.4, 0.5) is 11.4 Å². The largest absolute Gasteiger partial charge is 0.321 e. The van der Waals surface area contributed by atoms with E-state index in [0.29, 0.717) is 21.3 Å². The van der Waals surface area contributed by atoms with Crippen LogP contribution in [0.15, 0.2) is 71.6 Å². The molecule has 0 radical (unpaired) electrons. The predicted molar refractivity (Wildman–Crippen MR) is 151 cm³/mol. The van der Waals surface area contributed by atoms with Gasteiger partial charge in [-0.15, -0.1) is 11.3 Å². The van der Waals surface area contributed by atoms with E-state index in [4.69, 9.17) is 11.6 Å². The Labute approximate surface area is 225 Å². The molecule has 2 N–H and O–H groups in total. The number of fused-ring (bicyclic) bond motifs is 1. The molecule has 11 heteroatoms. The highest BCUT2D eigenvalue weighted by atomic mass is 35.5. The first-order valence-electron chi connectivity index (χ1n) is 11.1. The second-order valence-electron chi connectivity index (χ2n) is 9.34. The fourth-order valence-electron chi connectivity index (χ4n) is 3.93. The van der Waals surface area contributed by atoms with Crippen LogP contribution < -0.4 is 10.0 Å². The predicted octanol–water partition coefficient (Wildman–Crippen LogP) is 5.91. The van der Waals surface area contributed by atoms with Gasteiger partial charge in [-0.3, -0.25) is 9.52 Å². The van der Waals surface area contributed by atoms with Gasteiger partial charge < -0.3 is 5.32 Å². The molecule has 37 heavy (non-hydrogen) atoms. The third-order valence-corrected chi connectivity index (χ3v) is 8.99. The van der Waals surface area contributed by atoms with E-state index in [0.717, 1.165) is 27.5 Å². The lowest BCUT2D eigenvalue weighted by molar-refractivity contribution is 0.103. The molecule has 7 nitrogen and oxygen atoms in total. The third-order valence-electron chi connectivity index (χ3n) is 5.92. The van der Waals surface area contributed by atoms with Gasteiger partial charge in [-0.05, 0) is 71.1 Å². The van der Waals surface area contributed by atoms with Crippen molar-refractivity contribution in [3.63, 3.8) is 0 Å². The number of nitrogens with one attached hydrogen (secondary N) is 2. The molecule has 0 aliphatic heterocycles. The second-order valence-corrected chi connectivity index (χ2v) is 14.6. The van der Waals surface area contributed by atoms with Crippen molar-refractivity contribution >= 4 is 70.2 Å². The van der Waals surface area contributed by atoms with Crippen LogP contribution in [0.5, 0.6) is 0 Å². The average molecular weight is 577 g/mol. The fraction of sp³-hybridized carbons (Fsp3) is 0.192. The maximum atomic E-state index is 13.1. The Kier molecular flexibility index (Phi) is 7.15. The number of hydrogen-bond acceptors (Lipinski definition) is 6. The zero-order valence-corrected chi connectivity index (χ0v) is 23.7. The monoisotopic (exact) mass is 576 g/mol. The highest BCUT2D eigenvalue weighted by Crippen LogP contribution is 2.36. The number of benzene rings is 3. The highest BCUT2D eigenvalue weighted by molar-refractivity contribution is 7.92. The van der Waals surface area contributed by atoms with Gasteiger partial charge >= 0.3 is 0 Å². The van der Waals surface area contributed by atoms with Gasteiger partial charge in [0.1, 0.15) is 0 Å². The van der Waals surface area contributed by atoms with E-state index in [1.54, 1.807) is 54.6 Å². The Morgan fingerprint density at radius 2 is 1.51 bits per heavy atom. The summed E-state index contributed by atoms with van der Waals surface area (Å²) in [5.74, 6) is -0.317.